The minimum atomic E-state index is -1.02. The summed E-state index contributed by atoms with van der Waals surface area (Å²) >= 11 is 0. The molecule has 0 atom stereocenters. The van der Waals surface area contributed by atoms with Crippen LogP contribution < -0.4 is 4.74 Å². The number of benzene rings is 1. The van der Waals surface area contributed by atoms with Crippen LogP contribution >= 0.6 is 0 Å². The number of aromatic carboxylic acids is 1. The Balaban J connectivity index is 2.52. The fourth-order valence-corrected chi connectivity index (χ4v) is 1.54. The zero-order valence-electron chi connectivity index (χ0n) is 9.41. The van der Waals surface area contributed by atoms with Crippen molar-refractivity contribution in [2.75, 3.05) is 7.11 Å². The highest BCUT2D eigenvalue weighted by Crippen LogP contribution is 2.22. The molecule has 2 aromatic rings. The molecule has 2 rings (SSSR count). The van der Waals surface area contributed by atoms with Crippen LogP contribution in [0.2, 0.25) is 0 Å². The van der Waals surface area contributed by atoms with E-state index < -0.39 is 5.97 Å². The molecule has 0 aliphatic carbocycles. The first-order valence-corrected chi connectivity index (χ1v) is 4.92. The molecule has 1 aromatic heterocycles. The monoisotopic (exact) mass is 233 g/mol. The van der Waals surface area contributed by atoms with Crippen LogP contribution in [0.5, 0.6) is 5.75 Å². The van der Waals surface area contributed by atoms with Crippen molar-refractivity contribution in [3.8, 4) is 11.4 Å². The van der Waals surface area contributed by atoms with E-state index >= 15 is 0 Å². The first-order chi connectivity index (χ1) is 8.13. The minimum Gasteiger partial charge on any atom is -0.496 e. The lowest BCUT2D eigenvalue weighted by Crippen LogP contribution is -2.04. The summed E-state index contributed by atoms with van der Waals surface area (Å²) in [6.45, 7) is 1.81. The van der Waals surface area contributed by atoms with Crippen molar-refractivity contribution < 1.29 is 14.6 Å². The Kier molecular flexibility index (Phi) is 2.78. The summed E-state index contributed by atoms with van der Waals surface area (Å²) in [4.78, 5) is 14.9. The van der Waals surface area contributed by atoms with Crippen LogP contribution in [0.1, 0.15) is 16.2 Å². The molecule has 0 aliphatic rings. The summed E-state index contributed by atoms with van der Waals surface area (Å²) in [6, 6.07) is 4.76. The highest BCUT2D eigenvalue weighted by Gasteiger charge is 2.12. The average molecular weight is 233 g/mol. The number of aromatic nitrogens is 3. The van der Waals surface area contributed by atoms with Gasteiger partial charge in [-0.2, -0.15) is 5.10 Å². The molecule has 1 aromatic carbocycles. The van der Waals surface area contributed by atoms with Gasteiger partial charge in [0.2, 0.25) is 0 Å². The standard InChI is InChI=1S/C11H11N3O3/c1-7-12-6-13-14(7)8-3-4-9(11(15)16)10(5-8)17-2/h3-6H,1-2H3,(H,15,16). The van der Waals surface area contributed by atoms with Gasteiger partial charge in [0, 0.05) is 6.07 Å². The van der Waals surface area contributed by atoms with Gasteiger partial charge in [-0.1, -0.05) is 0 Å². The molecule has 0 unspecified atom stereocenters. The lowest BCUT2D eigenvalue weighted by molar-refractivity contribution is 0.0693. The fraction of sp³-hybridized carbons (Fsp3) is 0.182. The number of hydrogen-bond acceptors (Lipinski definition) is 4. The number of nitrogens with zero attached hydrogens (tertiary/aromatic N) is 3. The van der Waals surface area contributed by atoms with E-state index in [4.69, 9.17) is 9.84 Å². The Morgan fingerprint density at radius 3 is 2.76 bits per heavy atom. The molecule has 0 fully saturated rings. The van der Waals surface area contributed by atoms with Crippen molar-refractivity contribution >= 4 is 5.97 Å². The van der Waals surface area contributed by atoms with Crippen LogP contribution in [0.3, 0.4) is 0 Å². The SMILES string of the molecule is COc1cc(-n2ncnc2C)ccc1C(=O)O. The van der Waals surface area contributed by atoms with Crippen LogP contribution in [0.15, 0.2) is 24.5 Å². The molecule has 0 aliphatic heterocycles. The van der Waals surface area contributed by atoms with Crippen molar-refractivity contribution in [3.05, 3.63) is 35.9 Å². The van der Waals surface area contributed by atoms with Gasteiger partial charge in [-0.3, -0.25) is 0 Å². The number of hydrogen-bond donors (Lipinski definition) is 1. The van der Waals surface area contributed by atoms with Crippen molar-refractivity contribution in [2.24, 2.45) is 0 Å². The third-order valence-electron chi connectivity index (χ3n) is 2.38. The molecule has 0 bridgehead atoms. The quantitative estimate of drug-likeness (QED) is 0.864. The zero-order valence-corrected chi connectivity index (χ0v) is 9.41. The molecule has 0 radical (unpaired) electrons. The third kappa shape index (κ3) is 1.96. The summed E-state index contributed by atoms with van der Waals surface area (Å²) in [5, 5.41) is 13.0. The zero-order chi connectivity index (χ0) is 12.4. The van der Waals surface area contributed by atoms with Gasteiger partial charge in [-0.15, -0.1) is 0 Å². The van der Waals surface area contributed by atoms with Gasteiger partial charge in [0.05, 0.1) is 12.8 Å². The van der Waals surface area contributed by atoms with Gasteiger partial charge in [0.15, 0.2) is 0 Å². The summed E-state index contributed by atoms with van der Waals surface area (Å²) in [5.74, 6) is -0.0104. The maximum absolute atomic E-state index is 10.9. The molecular weight excluding hydrogens is 222 g/mol. The van der Waals surface area contributed by atoms with Crippen molar-refractivity contribution in [2.45, 2.75) is 6.92 Å². The Morgan fingerprint density at radius 2 is 2.24 bits per heavy atom. The Labute approximate surface area is 97.5 Å². The Bertz CT molecular complexity index is 563. The lowest BCUT2D eigenvalue weighted by atomic mass is 10.2. The number of methoxy groups -OCH3 is 1. The number of rotatable bonds is 3. The van der Waals surface area contributed by atoms with E-state index in [-0.39, 0.29) is 5.56 Å². The van der Waals surface area contributed by atoms with Gasteiger partial charge >= 0.3 is 5.97 Å². The number of ether oxygens (including phenoxy) is 1. The van der Waals surface area contributed by atoms with Gasteiger partial charge in [0.1, 0.15) is 23.5 Å². The molecule has 1 heterocycles. The van der Waals surface area contributed by atoms with Gasteiger partial charge in [0.25, 0.3) is 0 Å². The number of aryl methyl sites for hydroxylation is 1. The van der Waals surface area contributed by atoms with Crippen molar-refractivity contribution in [1.82, 2.24) is 14.8 Å². The molecule has 0 saturated carbocycles. The van der Waals surface area contributed by atoms with Crippen LogP contribution in [0.25, 0.3) is 5.69 Å². The van der Waals surface area contributed by atoms with E-state index in [0.29, 0.717) is 11.4 Å². The smallest absolute Gasteiger partial charge is 0.339 e. The highest BCUT2D eigenvalue weighted by molar-refractivity contribution is 5.91. The Morgan fingerprint density at radius 1 is 1.47 bits per heavy atom. The molecule has 17 heavy (non-hydrogen) atoms. The van der Waals surface area contributed by atoms with Gasteiger partial charge in [-0.25, -0.2) is 14.5 Å². The molecular formula is C11H11N3O3. The number of carbonyl (C=O) groups is 1. The summed E-state index contributed by atoms with van der Waals surface area (Å²) in [7, 11) is 1.43. The first-order valence-electron chi connectivity index (χ1n) is 4.92. The molecule has 6 heteroatoms. The van der Waals surface area contributed by atoms with Crippen LogP contribution in [-0.4, -0.2) is 33.0 Å². The van der Waals surface area contributed by atoms with Gasteiger partial charge in [-0.05, 0) is 19.1 Å². The van der Waals surface area contributed by atoms with Crippen LogP contribution in [0, 0.1) is 6.92 Å². The third-order valence-corrected chi connectivity index (χ3v) is 2.38. The summed E-state index contributed by atoms with van der Waals surface area (Å²) in [5.41, 5.74) is 0.830. The first kappa shape index (κ1) is 11.1. The van der Waals surface area contributed by atoms with Crippen molar-refractivity contribution in [1.29, 1.82) is 0 Å². The second-order valence-electron chi connectivity index (χ2n) is 3.41. The maximum Gasteiger partial charge on any atom is 0.339 e. The van der Waals surface area contributed by atoms with Crippen LogP contribution in [0.4, 0.5) is 0 Å². The predicted octanol–water partition coefficient (Wildman–Crippen LogP) is 1.28. The lowest BCUT2D eigenvalue weighted by Gasteiger charge is -2.08. The van der Waals surface area contributed by atoms with Gasteiger partial charge < -0.3 is 9.84 Å². The molecule has 6 nitrogen and oxygen atoms in total. The van der Waals surface area contributed by atoms with Crippen LogP contribution in [-0.2, 0) is 0 Å². The molecule has 1 N–H and O–H groups in total. The predicted molar refractivity (Wildman–Crippen MR) is 59.6 cm³/mol. The topological polar surface area (TPSA) is 77.2 Å². The average Bonchev–Trinajstić information content (AvgIpc) is 2.74. The summed E-state index contributed by atoms with van der Waals surface area (Å²) in [6.07, 6.45) is 1.44. The second kappa shape index (κ2) is 4.25. The second-order valence-corrected chi connectivity index (χ2v) is 3.41. The summed E-state index contributed by atoms with van der Waals surface area (Å²) < 4.78 is 6.65. The Hall–Kier alpha value is -2.37. The largest absolute Gasteiger partial charge is 0.496 e. The minimum absolute atomic E-state index is 0.119. The molecule has 0 spiro atoms. The maximum atomic E-state index is 10.9. The highest BCUT2D eigenvalue weighted by atomic mass is 16.5. The number of carboxylic acids is 1. The number of carboxylic acid groups (broad SMARTS) is 1. The molecule has 88 valence electrons. The molecule has 0 saturated heterocycles. The van der Waals surface area contributed by atoms with E-state index in [1.807, 2.05) is 6.92 Å². The normalized spacial score (nSPS) is 10.2. The molecule has 0 amide bonds. The van der Waals surface area contributed by atoms with E-state index in [2.05, 4.69) is 10.1 Å². The van der Waals surface area contributed by atoms with E-state index in [9.17, 15) is 4.79 Å². The fourth-order valence-electron chi connectivity index (χ4n) is 1.54. The van der Waals surface area contributed by atoms with E-state index in [0.717, 1.165) is 5.82 Å². The van der Waals surface area contributed by atoms with Crippen molar-refractivity contribution in [3.63, 3.8) is 0 Å². The van der Waals surface area contributed by atoms with E-state index in [1.165, 1.54) is 19.5 Å². The van der Waals surface area contributed by atoms with E-state index in [1.54, 1.807) is 16.8 Å².